The minimum atomic E-state index is -0.657. The molecule has 0 bridgehead atoms. The fourth-order valence-electron chi connectivity index (χ4n) is 1.79. The Morgan fingerprint density at radius 1 is 1.61 bits per heavy atom. The molecule has 0 aliphatic heterocycles. The van der Waals surface area contributed by atoms with Gasteiger partial charge in [-0.25, -0.2) is 0 Å². The first-order valence-electron chi connectivity index (χ1n) is 5.69. The van der Waals surface area contributed by atoms with Crippen LogP contribution in [-0.2, 0) is 13.6 Å². The predicted octanol–water partition coefficient (Wildman–Crippen LogP) is 1.80. The molecule has 0 aromatic carbocycles. The molecule has 0 spiro atoms. The molecule has 1 atom stereocenters. The Morgan fingerprint density at radius 3 is 2.94 bits per heavy atom. The number of nitrogens with one attached hydrogen (secondary N) is 1. The minimum Gasteiger partial charge on any atom is -0.467 e. The van der Waals surface area contributed by atoms with Gasteiger partial charge < -0.3 is 14.8 Å². The van der Waals surface area contributed by atoms with E-state index in [2.05, 4.69) is 10.4 Å². The molecule has 18 heavy (non-hydrogen) atoms. The van der Waals surface area contributed by atoms with Gasteiger partial charge in [0.2, 0.25) is 0 Å². The van der Waals surface area contributed by atoms with Gasteiger partial charge in [-0.1, -0.05) is 11.6 Å². The van der Waals surface area contributed by atoms with Crippen LogP contribution < -0.4 is 5.32 Å². The molecule has 98 valence electrons. The van der Waals surface area contributed by atoms with E-state index >= 15 is 0 Å². The topological polar surface area (TPSA) is 63.2 Å². The lowest BCUT2D eigenvalue weighted by Gasteiger charge is -2.09. The quantitative estimate of drug-likeness (QED) is 0.869. The molecule has 2 aromatic heterocycles. The number of rotatable bonds is 5. The van der Waals surface area contributed by atoms with Gasteiger partial charge in [-0.15, -0.1) is 0 Å². The minimum absolute atomic E-state index is 0.401. The zero-order chi connectivity index (χ0) is 13.1. The van der Waals surface area contributed by atoms with Gasteiger partial charge in [0.15, 0.2) is 0 Å². The third kappa shape index (κ3) is 2.75. The Labute approximate surface area is 110 Å². The smallest absolute Gasteiger partial charge is 0.133 e. The second-order valence-electron chi connectivity index (χ2n) is 4.14. The van der Waals surface area contributed by atoms with Crippen molar-refractivity contribution in [1.29, 1.82) is 0 Å². The maximum absolute atomic E-state index is 9.82. The van der Waals surface area contributed by atoms with Crippen molar-refractivity contribution in [3.05, 3.63) is 40.6 Å². The summed E-state index contributed by atoms with van der Waals surface area (Å²) in [6.45, 7) is 2.88. The Morgan fingerprint density at radius 2 is 2.39 bits per heavy atom. The Balaban J connectivity index is 1.89. The second kappa shape index (κ2) is 5.56. The summed E-state index contributed by atoms with van der Waals surface area (Å²) in [5, 5.41) is 17.8. The summed E-state index contributed by atoms with van der Waals surface area (Å²) in [7, 11) is 1.80. The lowest BCUT2D eigenvalue weighted by atomic mass is 10.2. The first kappa shape index (κ1) is 13.1. The van der Waals surface area contributed by atoms with Gasteiger partial charge in [0.25, 0.3) is 0 Å². The molecule has 2 N–H and O–H groups in total. The van der Waals surface area contributed by atoms with Crippen LogP contribution in [0, 0.1) is 6.92 Å². The maximum atomic E-state index is 9.82. The van der Waals surface area contributed by atoms with Crippen LogP contribution >= 0.6 is 11.6 Å². The predicted molar refractivity (Wildman–Crippen MR) is 68.3 cm³/mol. The first-order chi connectivity index (χ1) is 8.59. The number of hydrogen-bond donors (Lipinski definition) is 2. The lowest BCUT2D eigenvalue weighted by molar-refractivity contribution is 0.147. The van der Waals surface area contributed by atoms with Crippen LogP contribution in [0.15, 0.2) is 22.8 Å². The molecular formula is C12H16ClN3O2. The third-order valence-corrected chi connectivity index (χ3v) is 3.25. The van der Waals surface area contributed by atoms with Gasteiger partial charge in [-0.05, 0) is 19.1 Å². The highest BCUT2D eigenvalue weighted by Crippen LogP contribution is 2.18. The molecule has 1 unspecified atom stereocenters. The molecule has 2 aromatic rings. The van der Waals surface area contributed by atoms with Crippen LogP contribution in [0.25, 0.3) is 0 Å². The van der Waals surface area contributed by atoms with E-state index in [1.165, 1.54) is 0 Å². The number of furan rings is 1. The number of halogens is 1. The van der Waals surface area contributed by atoms with Crippen molar-refractivity contribution in [1.82, 2.24) is 15.1 Å². The van der Waals surface area contributed by atoms with Gasteiger partial charge in [-0.2, -0.15) is 5.10 Å². The molecule has 0 fully saturated rings. The average Bonchev–Trinajstić information content (AvgIpc) is 2.93. The average molecular weight is 270 g/mol. The van der Waals surface area contributed by atoms with Crippen LogP contribution in [0.3, 0.4) is 0 Å². The number of aromatic nitrogens is 2. The van der Waals surface area contributed by atoms with Crippen LogP contribution in [0.5, 0.6) is 0 Å². The van der Waals surface area contributed by atoms with E-state index in [1.54, 1.807) is 30.1 Å². The molecular weight excluding hydrogens is 254 g/mol. The van der Waals surface area contributed by atoms with E-state index in [0.717, 1.165) is 11.3 Å². The van der Waals surface area contributed by atoms with Crippen molar-refractivity contribution in [3.63, 3.8) is 0 Å². The highest BCUT2D eigenvalue weighted by molar-refractivity contribution is 6.30. The van der Waals surface area contributed by atoms with E-state index in [0.29, 0.717) is 24.0 Å². The van der Waals surface area contributed by atoms with Crippen molar-refractivity contribution in [2.75, 3.05) is 6.54 Å². The van der Waals surface area contributed by atoms with Gasteiger partial charge in [0, 0.05) is 25.7 Å². The molecule has 0 saturated carbocycles. The Bertz CT molecular complexity index is 508. The van der Waals surface area contributed by atoms with Crippen molar-refractivity contribution in [3.8, 4) is 0 Å². The molecule has 0 aliphatic carbocycles. The number of nitrogens with zero attached hydrogens (tertiary/aromatic N) is 2. The van der Waals surface area contributed by atoms with Crippen LogP contribution in [0.2, 0.25) is 5.15 Å². The molecule has 6 heteroatoms. The number of aliphatic hydroxyl groups is 1. The number of aliphatic hydroxyl groups excluding tert-OH is 1. The van der Waals surface area contributed by atoms with Crippen molar-refractivity contribution in [2.24, 2.45) is 7.05 Å². The summed E-state index contributed by atoms with van der Waals surface area (Å²) < 4.78 is 6.75. The molecule has 0 amide bonds. The van der Waals surface area contributed by atoms with Crippen LogP contribution in [0.1, 0.15) is 23.1 Å². The molecule has 0 radical (unpaired) electrons. The maximum Gasteiger partial charge on any atom is 0.133 e. The summed E-state index contributed by atoms with van der Waals surface area (Å²) in [5.41, 5.74) is 1.84. The van der Waals surface area contributed by atoms with Gasteiger partial charge >= 0.3 is 0 Å². The fourth-order valence-corrected chi connectivity index (χ4v) is 2.03. The van der Waals surface area contributed by atoms with E-state index < -0.39 is 6.10 Å². The van der Waals surface area contributed by atoms with Crippen molar-refractivity contribution < 1.29 is 9.52 Å². The lowest BCUT2D eigenvalue weighted by Crippen LogP contribution is -2.21. The molecule has 2 heterocycles. The molecule has 0 aliphatic rings. The molecule has 5 nitrogen and oxygen atoms in total. The largest absolute Gasteiger partial charge is 0.467 e. The first-order valence-corrected chi connectivity index (χ1v) is 6.07. The normalized spacial score (nSPS) is 12.9. The van der Waals surface area contributed by atoms with E-state index in [4.69, 9.17) is 16.0 Å². The van der Waals surface area contributed by atoms with Crippen LogP contribution in [0.4, 0.5) is 0 Å². The summed E-state index contributed by atoms with van der Waals surface area (Å²) in [6.07, 6.45) is 0.886. The summed E-state index contributed by atoms with van der Waals surface area (Å²) in [5.74, 6) is 0.552. The highest BCUT2D eigenvalue weighted by Gasteiger charge is 2.13. The summed E-state index contributed by atoms with van der Waals surface area (Å²) >= 11 is 6.11. The molecule has 2 rings (SSSR count). The number of aryl methyl sites for hydroxylation is 2. The zero-order valence-electron chi connectivity index (χ0n) is 10.4. The highest BCUT2D eigenvalue weighted by atomic mass is 35.5. The monoisotopic (exact) mass is 269 g/mol. The van der Waals surface area contributed by atoms with E-state index in [1.807, 2.05) is 6.92 Å². The standard InChI is InChI=1S/C12H16ClN3O2/c1-8-9(12(13)16(2)15-8)6-14-7-10(17)11-4-3-5-18-11/h3-5,10,14,17H,6-7H2,1-2H3. The second-order valence-corrected chi connectivity index (χ2v) is 4.50. The Hall–Kier alpha value is -1.30. The SMILES string of the molecule is Cc1nn(C)c(Cl)c1CNCC(O)c1ccco1. The van der Waals surface area contributed by atoms with Crippen LogP contribution in [-0.4, -0.2) is 21.4 Å². The summed E-state index contributed by atoms with van der Waals surface area (Å²) in [6, 6.07) is 3.50. The van der Waals surface area contributed by atoms with Gasteiger partial charge in [0.05, 0.1) is 12.0 Å². The fraction of sp³-hybridized carbons (Fsp3) is 0.417. The van der Waals surface area contributed by atoms with Gasteiger partial charge in [-0.3, -0.25) is 4.68 Å². The molecule has 0 saturated heterocycles. The third-order valence-electron chi connectivity index (χ3n) is 2.78. The van der Waals surface area contributed by atoms with E-state index in [9.17, 15) is 5.11 Å². The van der Waals surface area contributed by atoms with Gasteiger partial charge in [0.1, 0.15) is 17.0 Å². The van der Waals surface area contributed by atoms with Crippen molar-refractivity contribution >= 4 is 11.6 Å². The van der Waals surface area contributed by atoms with Crippen molar-refractivity contribution in [2.45, 2.75) is 19.6 Å². The number of hydrogen-bond acceptors (Lipinski definition) is 4. The zero-order valence-corrected chi connectivity index (χ0v) is 11.1. The Kier molecular flexibility index (Phi) is 4.06. The van der Waals surface area contributed by atoms with E-state index in [-0.39, 0.29) is 0 Å². The summed E-state index contributed by atoms with van der Waals surface area (Å²) in [4.78, 5) is 0.